The molecule has 2 rings (SSSR count). The summed E-state index contributed by atoms with van der Waals surface area (Å²) in [6.45, 7) is 5.75. The summed E-state index contributed by atoms with van der Waals surface area (Å²) >= 11 is 3.18. The van der Waals surface area contributed by atoms with Gasteiger partial charge in [-0.05, 0) is 66.8 Å². The van der Waals surface area contributed by atoms with Crippen molar-refractivity contribution in [1.29, 1.82) is 5.26 Å². The topological polar surface area (TPSA) is 39.1 Å². The molecule has 0 aliphatic carbocycles. The molecular formula is C15H19BrFN3. The van der Waals surface area contributed by atoms with Gasteiger partial charge in [0.15, 0.2) is 5.82 Å². The fraction of sp³-hybridized carbons (Fsp3) is 0.533. The highest BCUT2D eigenvalue weighted by Crippen LogP contribution is 2.30. The molecule has 1 heterocycles. The lowest BCUT2D eigenvalue weighted by molar-refractivity contribution is 0.373. The van der Waals surface area contributed by atoms with Gasteiger partial charge in [0, 0.05) is 13.1 Å². The van der Waals surface area contributed by atoms with Gasteiger partial charge in [-0.25, -0.2) is 4.39 Å². The Kier molecular flexibility index (Phi) is 5.38. The van der Waals surface area contributed by atoms with E-state index in [-0.39, 0.29) is 10.3 Å². The molecule has 1 aliphatic heterocycles. The average molecular weight is 340 g/mol. The molecule has 0 unspecified atom stereocenters. The molecule has 5 heteroatoms. The van der Waals surface area contributed by atoms with E-state index in [1.54, 1.807) is 12.1 Å². The number of hydrogen-bond acceptors (Lipinski definition) is 3. The summed E-state index contributed by atoms with van der Waals surface area (Å²) in [6.07, 6.45) is 2.27. The Hall–Kier alpha value is -1.12. The minimum atomic E-state index is -0.333. The molecule has 0 radical (unpaired) electrons. The molecule has 3 nitrogen and oxygen atoms in total. The van der Waals surface area contributed by atoms with Gasteiger partial charge in [-0.15, -0.1) is 0 Å². The first-order valence-corrected chi connectivity index (χ1v) is 7.80. The zero-order chi connectivity index (χ0) is 14.5. The molecule has 1 aromatic carbocycles. The van der Waals surface area contributed by atoms with Crippen LogP contribution in [-0.4, -0.2) is 26.2 Å². The normalized spacial score (nSPS) is 15.9. The molecule has 0 aromatic heterocycles. The van der Waals surface area contributed by atoms with Crippen LogP contribution in [0.4, 0.5) is 10.1 Å². The van der Waals surface area contributed by atoms with Crippen LogP contribution >= 0.6 is 15.9 Å². The molecule has 1 aromatic rings. The summed E-state index contributed by atoms with van der Waals surface area (Å²) in [5.41, 5.74) is 0.918. The Morgan fingerprint density at radius 3 is 2.75 bits per heavy atom. The number of nitrogens with one attached hydrogen (secondary N) is 1. The number of hydrogen-bond donors (Lipinski definition) is 1. The van der Waals surface area contributed by atoms with Crippen molar-refractivity contribution in [2.45, 2.75) is 19.8 Å². The molecule has 1 fully saturated rings. The van der Waals surface area contributed by atoms with Gasteiger partial charge in [-0.3, -0.25) is 0 Å². The van der Waals surface area contributed by atoms with Crippen LogP contribution in [0.25, 0.3) is 0 Å². The van der Waals surface area contributed by atoms with E-state index in [0.29, 0.717) is 17.2 Å². The number of piperidine rings is 1. The first-order valence-electron chi connectivity index (χ1n) is 7.01. The van der Waals surface area contributed by atoms with Crippen LogP contribution in [-0.2, 0) is 0 Å². The fourth-order valence-corrected chi connectivity index (χ4v) is 3.07. The Bertz CT molecular complexity index is 507. The van der Waals surface area contributed by atoms with Crippen molar-refractivity contribution in [1.82, 2.24) is 5.32 Å². The first kappa shape index (κ1) is 15.3. The van der Waals surface area contributed by atoms with Crippen LogP contribution < -0.4 is 10.2 Å². The summed E-state index contributed by atoms with van der Waals surface area (Å²) in [5, 5.41) is 12.3. The largest absolute Gasteiger partial charge is 0.369 e. The van der Waals surface area contributed by atoms with Crippen molar-refractivity contribution in [3.05, 3.63) is 28.0 Å². The maximum Gasteiger partial charge on any atom is 0.161 e. The van der Waals surface area contributed by atoms with Crippen LogP contribution in [0.2, 0.25) is 0 Å². The zero-order valence-electron chi connectivity index (χ0n) is 11.6. The number of anilines is 1. The van der Waals surface area contributed by atoms with Crippen LogP contribution in [0.5, 0.6) is 0 Å². The SMILES string of the molecule is CCN(CC1CCNCC1)c1ccc(C#N)c(Br)c1F. The molecular weight excluding hydrogens is 321 g/mol. The Morgan fingerprint density at radius 2 is 2.15 bits per heavy atom. The number of nitrogens with zero attached hydrogens (tertiary/aromatic N) is 2. The van der Waals surface area contributed by atoms with Gasteiger partial charge < -0.3 is 10.2 Å². The lowest BCUT2D eigenvalue weighted by atomic mass is 9.97. The maximum absolute atomic E-state index is 14.4. The lowest BCUT2D eigenvalue weighted by Gasteiger charge is -2.31. The van der Waals surface area contributed by atoms with Crippen molar-refractivity contribution in [3.8, 4) is 6.07 Å². The quantitative estimate of drug-likeness (QED) is 0.914. The van der Waals surface area contributed by atoms with Gasteiger partial charge in [-0.1, -0.05) is 0 Å². The third-order valence-corrected chi connectivity index (χ3v) is 4.62. The molecule has 20 heavy (non-hydrogen) atoms. The van der Waals surface area contributed by atoms with Crippen molar-refractivity contribution >= 4 is 21.6 Å². The number of halogens is 2. The molecule has 0 amide bonds. The second-order valence-corrected chi connectivity index (χ2v) is 5.90. The molecule has 0 spiro atoms. The van der Waals surface area contributed by atoms with E-state index in [4.69, 9.17) is 5.26 Å². The molecule has 0 saturated carbocycles. The van der Waals surface area contributed by atoms with E-state index in [2.05, 4.69) is 26.1 Å². The van der Waals surface area contributed by atoms with Gasteiger partial charge in [0.25, 0.3) is 0 Å². The molecule has 1 N–H and O–H groups in total. The summed E-state index contributed by atoms with van der Waals surface area (Å²) in [7, 11) is 0. The smallest absolute Gasteiger partial charge is 0.161 e. The fourth-order valence-electron chi connectivity index (χ4n) is 2.64. The minimum Gasteiger partial charge on any atom is -0.369 e. The van der Waals surface area contributed by atoms with Gasteiger partial charge in [0.05, 0.1) is 15.7 Å². The van der Waals surface area contributed by atoms with Crippen molar-refractivity contribution in [2.24, 2.45) is 5.92 Å². The van der Waals surface area contributed by atoms with E-state index in [1.807, 2.05) is 13.0 Å². The summed E-state index contributed by atoms with van der Waals surface area (Å²) in [6, 6.07) is 5.37. The number of rotatable bonds is 4. The van der Waals surface area contributed by atoms with Gasteiger partial charge >= 0.3 is 0 Å². The van der Waals surface area contributed by atoms with Gasteiger partial charge in [0.2, 0.25) is 0 Å². The van der Waals surface area contributed by atoms with Crippen LogP contribution in [0.1, 0.15) is 25.3 Å². The highest BCUT2D eigenvalue weighted by atomic mass is 79.9. The van der Waals surface area contributed by atoms with Crippen LogP contribution in [0.3, 0.4) is 0 Å². The van der Waals surface area contributed by atoms with Crippen molar-refractivity contribution in [2.75, 3.05) is 31.1 Å². The second-order valence-electron chi connectivity index (χ2n) is 5.10. The highest BCUT2D eigenvalue weighted by Gasteiger charge is 2.20. The molecule has 0 bridgehead atoms. The van der Waals surface area contributed by atoms with Crippen molar-refractivity contribution < 1.29 is 4.39 Å². The Labute approximate surface area is 127 Å². The third-order valence-electron chi connectivity index (χ3n) is 3.84. The van der Waals surface area contributed by atoms with E-state index >= 15 is 0 Å². The number of nitriles is 1. The summed E-state index contributed by atoms with van der Waals surface area (Å²) < 4.78 is 14.7. The van der Waals surface area contributed by atoms with E-state index < -0.39 is 0 Å². The zero-order valence-corrected chi connectivity index (χ0v) is 13.2. The molecule has 0 atom stereocenters. The molecule has 1 aliphatic rings. The second kappa shape index (κ2) is 7.05. The lowest BCUT2D eigenvalue weighted by Crippen LogP contribution is -2.36. The van der Waals surface area contributed by atoms with Gasteiger partial charge in [0.1, 0.15) is 6.07 Å². The highest BCUT2D eigenvalue weighted by molar-refractivity contribution is 9.10. The Morgan fingerprint density at radius 1 is 1.45 bits per heavy atom. The predicted octanol–water partition coefficient (Wildman–Crippen LogP) is 3.29. The Balaban J connectivity index is 2.19. The third kappa shape index (κ3) is 3.31. The molecule has 108 valence electrons. The maximum atomic E-state index is 14.4. The first-order chi connectivity index (χ1) is 9.67. The van der Waals surface area contributed by atoms with E-state index in [0.717, 1.165) is 39.0 Å². The predicted molar refractivity (Wildman–Crippen MR) is 82.3 cm³/mol. The summed E-state index contributed by atoms with van der Waals surface area (Å²) in [5.74, 6) is 0.268. The average Bonchev–Trinajstić information content (AvgIpc) is 2.49. The number of benzene rings is 1. The van der Waals surface area contributed by atoms with Crippen molar-refractivity contribution in [3.63, 3.8) is 0 Å². The molecule has 1 saturated heterocycles. The monoisotopic (exact) mass is 339 g/mol. The van der Waals surface area contributed by atoms with E-state index in [1.165, 1.54) is 0 Å². The standard InChI is InChI=1S/C15H19BrFN3/c1-2-20(10-11-5-7-19-8-6-11)13-4-3-12(9-18)14(16)15(13)17/h3-4,11,19H,2,5-8,10H2,1H3. The summed E-state index contributed by atoms with van der Waals surface area (Å²) in [4.78, 5) is 2.07. The van der Waals surface area contributed by atoms with E-state index in [9.17, 15) is 4.39 Å². The minimum absolute atomic E-state index is 0.265. The van der Waals surface area contributed by atoms with Crippen LogP contribution in [0.15, 0.2) is 16.6 Å². The van der Waals surface area contributed by atoms with Crippen LogP contribution in [0, 0.1) is 23.1 Å². The van der Waals surface area contributed by atoms with Gasteiger partial charge in [-0.2, -0.15) is 5.26 Å².